The van der Waals surface area contributed by atoms with Gasteiger partial charge in [0, 0.05) is 18.3 Å². The van der Waals surface area contributed by atoms with Crippen molar-refractivity contribution in [3.05, 3.63) is 18.0 Å². The predicted molar refractivity (Wildman–Crippen MR) is 55.9 cm³/mol. The molecule has 16 heavy (non-hydrogen) atoms. The summed E-state index contributed by atoms with van der Waals surface area (Å²) in [5, 5.41) is 21.6. The zero-order valence-electron chi connectivity index (χ0n) is 9.17. The number of hydrogen-bond donors (Lipinski definition) is 2. The van der Waals surface area contributed by atoms with E-state index in [2.05, 4.69) is 5.10 Å². The number of aromatic nitrogens is 2. The van der Waals surface area contributed by atoms with Crippen molar-refractivity contribution in [2.75, 3.05) is 13.2 Å². The van der Waals surface area contributed by atoms with Crippen molar-refractivity contribution in [1.82, 2.24) is 9.78 Å². The topological polar surface area (TPSA) is 84.6 Å². The number of ether oxygens (including phenoxy) is 1. The molecule has 0 amide bonds. The molecule has 0 aromatic carbocycles. The molecule has 0 radical (unpaired) electrons. The highest BCUT2D eigenvalue weighted by Gasteiger charge is 2.21. The Kier molecular flexibility index (Phi) is 4.94. The molecule has 2 N–H and O–H groups in total. The summed E-state index contributed by atoms with van der Waals surface area (Å²) in [6.07, 6.45) is 3.00. The number of aryl methyl sites for hydroxylation is 1. The van der Waals surface area contributed by atoms with Crippen LogP contribution in [-0.2, 0) is 16.1 Å². The molecule has 0 aliphatic heterocycles. The SMILES string of the molecule is CCCn1cc(C(OCCO)C(=O)O)cn1. The monoisotopic (exact) mass is 228 g/mol. The fraction of sp³-hybridized carbons (Fsp3) is 0.600. The standard InChI is InChI=1S/C10H16N2O4/c1-2-3-12-7-8(6-11-12)9(10(14)15)16-5-4-13/h6-7,9,13H,2-5H2,1H3,(H,14,15). The van der Waals surface area contributed by atoms with E-state index in [4.69, 9.17) is 14.9 Å². The van der Waals surface area contributed by atoms with Crippen LogP contribution >= 0.6 is 0 Å². The van der Waals surface area contributed by atoms with Gasteiger partial charge in [0.05, 0.1) is 19.4 Å². The van der Waals surface area contributed by atoms with E-state index in [0.29, 0.717) is 5.56 Å². The first-order valence-corrected chi connectivity index (χ1v) is 5.16. The number of nitrogens with zero attached hydrogens (tertiary/aromatic N) is 2. The summed E-state index contributed by atoms with van der Waals surface area (Å²) in [7, 11) is 0. The number of aliphatic carboxylic acids is 1. The highest BCUT2D eigenvalue weighted by molar-refractivity contribution is 5.74. The quantitative estimate of drug-likeness (QED) is 0.706. The molecule has 90 valence electrons. The second kappa shape index (κ2) is 6.24. The number of carboxylic acid groups (broad SMARTS) is 1. The van der Waals surface area contributed by atoms with E-state index >= 15 is 0 Å². The summed E-state index contributed by atoms with van der Waals surface area (Å²) in [6.45, 7) is 2.55. The summed E-state index contributed by atoms with van der Waals surface area (Å²) in [5.74, 6) is -1.08. The average molecular weight is 228 g/mol. The van der Waals surface area contributed by atoms with E-state index in [-0.39, 0.29) is 13.2 Å². The maximum atomic E-state index is 10.9. The van der Waals surface area contributed by atoms with Crippen LogP contribution in [0.5, 0.6) is 0 Å². The fourth-order valence-electron chi connectivity index (χ4n) is 1.35. The second-order valence-electron chi connectivity index (χ2n) is 3.35. The van der Waals surface area contributed by atoms with Gasteiger partial charge in [-0.1, -0.05) is 6.92 Å². The van der Waals surface area contributed by atoms with Gasteiger partial charge in [-0.2, -0.15) is 5.10 Å². The maximum absolute atomic E-state index is 10.9. The molecule has 0 aliphatic carbocycles. The van der Waals surface area contributed by atoms with E-state index in [1.807, 2.05) is 6.92 Å². The van der Waals surface area contributed by atoms with Crippen LogP contribution in [0.25, 0.3) is 0 Å². The van der Waals surface area contributed by atoms with Gasteiger partial charge in [-0.05, 0) is 6.42 Å². The Bertz CT molecular complexity index is 337. The summed E-state index contributed by atoms with van der Waals surface area (Å²) >= 11 is 0. The van der Waals surface area contributed by atoms with Gasteiger partial charge in [-0.25, -0.2) is 4.79 Å². The Hall–Kier alpha value is -1.40. The van der Waals surface area contributed by atoms with Crippen LogP contribution in [0.2, 0.25) is 0 Å². The largest absolute Gasteiger partial charge is 0.479 e. The molecule has 1 rings (SSSR count). The lowest BCUT2D eigenvalue weighted by Gasteiger charge is -2.10. The molecule has 1 unspecified atom stereocenters. The predicted octanol–water partition coefficient (Wildman–Crippen LogP) is 0.428. The van der Waals surface area contributed by atoms with Crippen LogP contribution in [0, 0.1) is 0 Å². The molecule has 0 aliphatic rings. The fourth-order valence-corrected chi connectivity index (χ4v) is 1.35. The molecule has 0 saturated heterocycles. The van der Waals surface area contributed by atoms with Crippen molar-refractivity contribution < 1.29 is 19.7 Å². The van der Waals surface area contributed by atoms with E-state index in [1.165, 1.54) is 6.20 Å². The lowest BCUT2D eigenvalue weighted by Crippen LogP contribution is -2.16. The second-order valence-corrected chi connectivity index (χ2v) is 3.35. The zero-order chi connectivity index (χ0) is 12.0. The van der Waals surface area contributed by atoms with Crippen LogP contribution < -0.4 is 0 Å². The number of hydrogen-bond acceptors (Lipinski definition) is 4. The molecule has 1 aromatic heterocycles. The van der Waals surface area contributed by atoms with E-state index in [1.54, 1.807) is 10.9 Å². The third kappa shape index (κ3) is 3.32. The van der Waals surface area contributed by atoms with Gasteiger partial charge in [0.15, 0.2) is 6.10 Å². The Morgan fingerprint density at radius 3 is 3.00 bits per heavy atom. The van der Waals surface area contributed by atoms with Gasteiger partial charge < -0.3 is 14.9 Å². The highest BCUT2D eigenvalue weighted by Crippen LogP contribution is 2.16. The van der Waals surface area contributed by atoms with Crippen LogP contribution in [-0.4, -0.2) is 39.2 Å². The number of rotatable bonds is 7. The van der Waals surface area contributed by atoms with Gasteiger partial charge >= 0.3 is 5.97 Å². The van der Waals surface area contributed by atoms with Crippen molar-refractivity contribution in [3.8, 4) is 0 Å². The third-order valence-electron chi connectivity index (χ3n) is 2.01. The summed E-state index contributed by atoms with van der Waals surface area (Å²) < 4.78 is 6.70. The maximum Gasteiger partial charge on any atom is 0.337 e. The van der Waals surface area contributed by atoms with Crippen molar-refractivity contribution in [2.45, 2.75) is 26.0 Å². The molecule has 1 atom stereocenters. The molecule has 0 saturated carbocycles. The molecule has 6 nitrogen and oxygen atoms in total. The van der Waals surface area contributed by atoms with Gasteiger partial charge in [0.1, 0.15) is 0 Å². The van der Waals surface area contributed by atoms with Crippen LogP contribution in [0.4, 0.5) is 0 Å². The summed E-state index contributed by atoms with van der Waals surface area (Å²) in [5.41, 5.74) is 0.495. The first-order chi connectivity index (χ1) is 7.69. The van der Waals surface area contributed by atoms with Crippen molar-refractivity contribution in [1.29, 1.82) is 0 Å². The van der Waals surface area contributed by atoms with E-state index in [9.17, 15) is 4.79 Å². The molecular weight excluding hydrogens is 212 g/mol. The van der Waals surface area contributed by atoms with Crippen LogP contribution in [0.15, 0.2) is 12.4 Å². The molecular formula is C10H16N2O4. The molecule has 6 heteroatoms. The Balaban J connectivity index is 2.71. The van der Waals surface area contributed by atoms with Crippen molar-refractivity contribution >= 4 is 5.97 Å². The highest BCUT2D eigenvalue weighted by atomic mass is 16.5. The Labute approximate surface area is 93.5 Å². The molecule has 1 aromatic rings. The minimum absolute atomic E-state index is 0.00404. The number of aliphatic hydroxyl groups is 1. The minimum atomic E-state index is -1.08. The number of carboxylic acids is 1. The molecule has 0 fully saturated rings. The molecule has 0 spiro atoms. The molecule has 0 bridgehead atoms. The minimum Gasteiger partial charge on any atom is -0.479 e. The zero-order valence-corrected chi connectivity index (χ0v) is 9.17. The Morgan fingerprint density at radius 1 is 1.69 bits per heavy atom. The van der Waals surface area contributed by atoms with Crippen LogP contribution in [0.3, 0.4) is 0 Å². The summed E-state index contributed by atoms with van der Waals surface area (Å²) in [4.78, 5) is 10.9. The van der Waals surface area contributed by atoms with Crippen molar-refractivity contribution in [2.24, 2.45) is 0 Å². The first-order valence-electron chi connectivity index (χ1n) is 5.16. The van der Waals surface area contributed by atoms with Crippen LogP contribution in [0.1, 0.15) is 25.0 Å². The normalized spacial score (nSPS) is 12.6. The average Bonchev–Trinajstić information content (AvgIpc) is 2.67. The number of carbonyl (C=O) groups is 1. The van der Waals surface area contributed by atoms with Gasteiger partial charge in [-0.3, -0.25) is 4.68 Å². The lowest BCUT2D eigenvalue weighted by molar-refractivity contribution is -0.151. The Morgan fingerprint density at radius 2 is 2.44 bits per heavy atom. The van der Waals surface area contributed by atoms with Crippen molar-refractivity contribution in [3.63, 3.8) is 0 Å². The number of aliphatic hydroxyl groups excluding tert-OH is 1. The lowest BCUT2D eigenvalue weighted by atomic mass is 10.2. The van der Waals surface area contributed by atoms with Gasteiger partial charge in [0.2, 0.25) is 0 Å². The molecule has 1 heterocycles. The van der Waals surface area contributed by atoms with E-state index < -0.39 is 12.1 Å². The van der Waals surface area contributed by atoms with Gasteiger partial charge in [-0.15, -0.1) is 0 Å². The van der Waals surface area contributed by atoms with Gasteiger partial charge in [0.25, 0.3) is 0 Å². The van der Waals surface area contributed by atoms with E-state index in [0.717, 1.165) is 13.0 Å². The smallest absolute Gasteiger partial charge is 0.337 e. The third-order valence-corrected chi connectivity index (χ3v) is 2.01. The first kappa shape index (κ1) is 12.7. The summed E-state index contributed by atoms with van der Waals surface area (Å²) in [6, 6.07) is 0.